The van der Waals surface area contributed by atoms with Gasteiger partial charge in [0, 0.05) is 14.1 Å². The zero-order chi connectivity index (χ0) is 13.9. The molecule has 1 saturated carbocycles. The fraction of sp³-hybridized carbons (Fsp3) is 0.562. The number of hydrogen-bond acceptors (Lipinski definition) is 2. The summed E-state index contributed by atoms with van der Waals surface area (Å²) in [4.78, 5) is 13.1. The van der Waals surface area contributed by atoms with Crippen LogP contribution in [0.2, 0.25) is 0 Å². The van der Waals surface area contributed by atoms with Crippen LogP contribution in [0.15, 0.2) is 24.3 Å². The number of amides is 1. The summed E-state index contributed by atoms with van der Waals surface area (Å²) >= 11 is 0. The first-order valence-electron chi connectivity index (χ1n) is 7.01. The van der Waals surface area contributed by atoms with Gasteiger partial charge in [-0.15, -0.1) is 0 Å². The van der Waals surface area contributed by atoms with Gasteiger partial charge in [0.15, 0.2) is 0 Å². The minimum atomic E-state index is 0.139. The second-order valence-electron chi connectivity index (χ2n) is 5.86. The minimum absolute atomic E-state index is 0.139. The van der Waals surface area contributed by atoms with Crippen molar-refractivity contribution in [2.75, 3.05) is 27.2 Å². The lowest BCUT2D eigenvalue weighted by Gasteiger charge is -2.17. The Kier molecular flexibility index (Phi) is 4.25. The van der Waals surface area contributed by atoms with Crippen molar-refractivity contribution < 1.29 is 4.79 Å². The molecule has 104 valence electrons. The third-order valence-electron chi connectivity index (χ3n) is 4.07. The topological polar surface area (TPSA) is 32.3 Å². The summed E-state index contributed by atoms with van der Waals surface area (Å²) in [6, 6.07) is 8.90. The Morgan fingerprint density at radius 1 is 1.26 bits per heavy atom. The van der Waals surface area contributed by atoms with Crippen LogP contribution in [0.4, 0.5) is 0 Å². The number of aryl methyl sites for hydroxylation is 1. The average molecular weight is 260 g/mol. The molecule has 0 bridgehead atoms. The Morgan fingerprint density at radius 3 is 2.42 bits per heavy atom. The smallest absolute Gasteiger partial charge is 0.236 e. The molecule has 1 amide bonds. The van der Waals surface area contributed by atoms with Crippen LogP contribution in [0.5, 0.6) is 0 Å². The summed E-state index contributed by atoms with van der Waals surface area (Å²) in [5, 5.41) is 3.25. The fourth-order valence-electron chi connectivity index (χ4n) is 2.42. The number of rotatable bonds is 6. The lowest BCUT2D eigenvalue weighted by molar-refractivity contribution is -0.127. The van der Waals surface area contributed by atoms with Gasteiger partial charge in [0.25, 0.3) is 0 Å². The summed E-state index contributed by atoms with van der Waals surface area (Å²) < 4.78 is 0. The number of hydrogen-bond donors (Lipinski definition) is 1. The van der Waals surface area contributed by atoms with Gasteiger partial charge in [-0.2, -0.15) is 0 Å². The zero-order valence-electron chi connectivity index (χ0n) is 12.2. The minimum Gasteiger partial charge on any atom is -0.348 e. The lowest BCUT2D eigenvalue weighted by Crippen LogP contribution is -2.34. The van der Waals surface area contributed by atoms with E-state index in [9.17, 15) is 4.79 Å². The molecule has 0 saturated heterocycles. The maximum Gasteiger partial charge on any atom is 0.236 e. The number of benzene rings is 1. The molecule has 1 aromatic carbocycles. The van der Waals surface area contributed by atoms with Gasteiger partial charge < -0.3 is 10.2 Å². The molecule has 1 fully saturated rings. The normalized spacial score (nSPS) is 16.2. The van der Waals surface area contributed by atoms with Crippen molar-refractivity contribution in [1.29, 1.82) is 0 Å². The van der Waals surface area contributed by atoms with Gasteiger partial charge in [-0.1, -0.05) is 29.8 Å². The van der Waals surface area contributed by atoms with E-state index in [1.165, 1.54) is 24.0 Å². The number of nitrogens with one attached hydrogen (secondary N) is 1. The van der Waals surface area contributed by atoms with Crippen LogP contribution in [-0.2, 0) is 10.2 Å². The molecule has 0 spiro atoms. The summed E-state index contributed by atoms with van der Waals surface area (Å²) in [6.07, 6.45) is 3.68. The first-order chi connectivity index (χ1) is 9.03. The van der Waals surface area contributed by atoms with Gasteiger partial charge in [0.1, 0.15) is 0 Å². The number of carbonyl (C=O) groups is 1. The van der Waals surface area contributed by atoms with Gasteiger partial charge in [-0.05, 0) is 43.7 Å². The van der Waals surface area contributed by atoms with Crippen LogP contribution < -0.4 is 5.32 Å². The standard InChI is InChI=1S/C16H24N2O/c1-13-4-6-14(7-5-13)16(8-9-16)10-11-17-12-15(19)18(2)3/h4-7,17H,8-12H2,1-3H3. The molecule has 0 unspecified atom stereocenters. The van der Waals surface area contributed by atoms with Crippen LogP contribution in [-0.4, -0.2) is 38.0 Å². The molecule has 1 aromatic rings. The highest BCUT2D eigenvalue weighted by molar-refractivity contribution is 5.77. The van der Waals surface area contributed by atoms with E-state index in [2.05, 4.69) is 36.5 Å². The van der Waals surface area contributed by atoms with E-state index >= 15 is 0 Å². The van der Waals surface area contributed by atoms with Crippen LogP contribution in [0.1, 0.15) is 30.4 Å². The molecule has 1 aliphatic rings. The lowest BCUT2D eigenvalue weighted by atomic mass is 9.92. The molecule has 3 nitrogen and oxygen atoms in total. The molecule has 0 atom stereocenters. The van der Waals surface area contributed by atoms with Gasteiger partial charge in [-0.25, -0.2) is 0 Å². The Morgan fingerprint density at radius 2 is 1.89 bits per heavy atom. The SMILES string of the molecule is Cc1ccc(C2(CCNCC(=O)N(C)C)CC2)cc1. The second kappa shape index (κ2) is 5.74. The van der Waals surface area contributed by atoms with E-state index in [0.29, 0.717) is 12.0 Å². The molecule has 1 N–H and O–H groups in total. The van der Waals surface area contributed by atoms with Crippen molar-refractivity contribution in [3.05, 3.63) is 35.4 Å². The Hall–Kier alpha value is -1.35. The van der Waals surface area contributed by atoms with Crippen molar-refractivity contribution in [3.63, 3.8) is 0 Å². The van der Waals surface area contributed by atoms with Gasteiger partial charge >= 0.3 is 0 Å². The Bertz CT molecular complexity index is 433. The molecule has 19 heavy (non-hydrogen) atoms. The molecule has 0 aliphatic heterocycles. The molecule has 3 heteroatoms. The highest BCUT2D eigenvalue weighted by Gasteiger charge is 2.43. The quantitative estimate of drug-likeness (QED) is 0.794. The number of likely N-dealkylation sites (N-methyl/N-ethyl adjacent to an activating group) is 1. The third-order valence-corrected chi connectivity index (χ3v) is 4.07. The first-order valence-corrected chi connectivity index (χ1v) is 7.01. The molecule has 0 aromatic heterocycles. The van der Waals surface area contributed by atoms with E-state index in [1.807, 2.05) is 0 Å². The van der Waals surface area contributed by atoms with Crippen LogP contribution in [0.25, 0.3) is 0 Å². The molecular formula is C16H24N2O. The van der Waals surface area contributed by atoms with Crippen molar-refractivity contribution in [2.45, 2.75) is 31.6 Å². The van der Waals surface area contributed by atoms with E-state index < -0.39 is 0 Å². The summed E-state index contributed by atoms with van der Waals surface area (Å²) in [5.41, 5.74) is 3.15. The number of carbonyl (C=O) groups excluding carboxylic acids is 1. The van der Waals surface area contributed by atoms with E-state index in [-0.39, 0.29) is 5.91 Å². The van der Waals surface area contributed by atoms with Crippen LogP contribution in [0.3, 0.4) is 0 Å². The highest BCUT2D eigenvalue weighted by atomic mass is 16.2. The molecule has 0 heterocycles. The van der Waals surface area contributed by atoms with Crippen molar-refractivity contribution in [3.8, 4) is 0 Å². The second-order valence-corrected chi connectivity index (χ2v) is 5.86. The average Bonchev–Trinajstić information content (AvgIpc) is 3.16. The largest absolute Gasteiger partial charge is 0.348 e. The van der Waals surface area contributed by atoms with Gasteiger partial charge in [-0.3, -0.25) is 4.79 Å². The highest BCUT2D eigenvalue weighted by Crippen LogP contribution is 2.50. The molecule has 1 aliphatic carbocycles. The van der Waals surface area contributed by atoms with Crippen molar-refractivity contribution in [1.82, 2.24) is 10.2 Å². The Labute approximate surface area is 116 Å². The van der Waals surface area contributed by atoms with E-state index in [1.54, 1.807) is 19.0 Å². The maximum absolute atomic E-state index is 11.5. The molecule has 0 radical (unpaired) electrons. The van der Waals surface area contributed by atoms with Crippen molar-refractivity contribution >= 4 is 5.91 Å². The maximum atomic E-state index is 11.5. The van der Waals surface area contributed by atoms with Crippen LogP contribution in [0, 0.1) is 6.92 Å². The summed E-state index contributed by atoms with van der Waals surface area (Å²) in [6.45, 7) is 3.47. The summed E-state index contributed by atoms with van der Waals surface area (Å²) in [5.74, 6) is 0.139. The van der Waals surface area contributed by atoms with Crippen molar-refractivity contribution in [2.24, 2.45) is 0 Å². The van der Waals surface area contributed by atoms with Gasteiger partial charge in [0.2, 0.25) is 5.91 Å². The summed E-state index contributed by atoms with van der Waals surface area (Å²) in [7, 11) is 3.58. The Balaban J connectivity index is 1.79. The predicted octanol–water partition coefficient (Wildman–Crippen LogP) is 2.09. The van der Waals surface area contributed by atoms with Gasteiger partial charge in [0.05, 0.1) is 6.54 Å². The first kappa shape index (κ1) is 14.1. The predicted molar refractivity (Wildman–Crippen MR) is 78.3 cm³/mol. The molecular weight excluding hydrogens is 236 g/mol. The van der Waals surface area contributed by atoms with E-state index in [4.69, 9.17) is 0 Å². The zero-order valence-corrected chi connectivity index (χ0v) is 12.2. The number of nitrogens with zero attached hydrogens (tertiary/aromatic N) is 1. The molecule has 2 rings (SSSR count). The fourth-order valence-corrected chi connectivity index (χ4v) is 2.42. The monoisotopic (exact) mass is 260 g/mol. The van der Waals surface area contributed by atoms with E-state index in [0.717, 1.165) is 13.0 Å². The van der Waals surface area contributed by atoms with Crippen LogP contribution >= 0.6 is 0 Å². The third kappa shape index (κ3) is 3.57.